The predicted molar refractivity (Wildman–Crippen MR) is 166 cm³/mol. The van der Waals surface area contributed by atoms with E-state index in [-0.39, 0.29) is 5.41 Å². The fraction of sp³-hybridized carbons (Fsp3) is 0.871. The zero-order valence-electron chi connectivity index (χ0n) is 23.5. The second kappa shape index (κ2) is 20.2. The van der Waals surface area contributed by atoms with Crippen molar-refractivity contribution in [2.45, 2.75) is 155 Å². The topological polar surface area (TPSA) is 18.5 Å². The summed E-state index contributed by atoms with van der Waals surface area (Å²) < 4.78 is 14.9. The van der Waals surface area contributed by atoms with Crippen molar-refractivity contribution in [2.24, 2.45) is 5.41 Å². The molecule has 2 heterocycles. The molecular weight excluding hydrogens is 596 g/mol. The van der Waals surface area contributed by atoms with Crippen molar-refractivity contribution in [1.29, 1.82) is 0 Å². The SMILES string of the molecule is CCCCCCCCCCCCC1(CCCCCCCCCCCC)COc2c(Br)sc(Br)c2OC1. The molecule has 2 nitrogen and oxygen atoms in total. The summed E-state index contributed by atoms with van der Waals surface area (Å²) in [6.07, 6.45) is 30.2. The zero-order valence-corrected chi connectivity index (χ0v) is 27.4. The van der Waals surface area contributed by atoms with Gasteiger partial charge in [0.25, 0.3) is 0 Å². The van der Waals surface area contributed by atoms with Gasteiger partial charge in [-0.05, 0) is 44.7 Å². The number of rotatable bonds is 22. The van der Waals surface area contributed by atoms with Crippen LogP contribution in [0.15, 0.2) is 7.57 Å². The van der Waals surface area contributed by atoms with E-state index in [1.165, 1.54) is 141 Å². The molecule has 2 rings (SSSR count). The summed E-state index contributed by atoms with van der Waals surface area (Å²) in [5.74, 6) is 1.81. The van der Waals surface area contributed by atoms with Crippen molar-refractivity contribution in [1.82, 2.24) is 0 Å². The third-order valence-electron chi connectivity index (χ3n) is 7.91. The number of ether oxygens (including phenoxy) is 2. The molecule has 0 saturated heterocycles. The highest BCUT2D eigenvalue weighted by Crippen LogP contribution is 2.51. The van der Waals surface area contributed by atoms with Crippen LogP contribution in [0.1, 0.15) is 155 Å². The van der Waals surface area contributed by atoms with Gasteiger partial charge in [0, 0.05) is 5.41 Å². The molecule has 0 N–H and O–H groups in total. The Kier molecular flexibility index (Phi) is 18.2. The van der Waals surface area contributed by atoms with E-state index >= 15 is 0 Å². The number of thiophene rings is 1. The van der Waals surface area contributed by atoms with E-state index in [1.54, 1.807) is 11.3 Å². The number of fused-ring (bicyclic) bond motifs is 1. The van der Waals surface area contributed by atoms with Crippen molar-refractivity contribution in [2.75, 3.05) is 13.2 Å². The highest BCUT2D eigenvalue weighted by atomic mass is 79.9. The largest absolute Gasteiger partial charge is 0.487 e. The summed E-state index contributed by atoms with van der Waals surface area (Å²) in [6.45, 7) is 6.17. The first kappa shape index (κ1) is 32.5. The number of halogens is 2. The van der Waals surface area contributed by atoms with Gasteiger partial charge in [0.1, 0.15) is 7.57 Å². The van der Waals surface area contributed by atoms with Crippen LogP contribution in [0.25, 0.3) is 0 Å². The Balaban J connectivity index is 1.71. The van der Waals surface area contributed by atoms with E-state index in [9.17, 15) is 0 Å². The van der Waals surface area contributed by atoms with Crippen LogP contribution in [0.3, 0.4) is 0 Å². The number of unbranched alkanes of at least 4 members (excludes halogenated alkanes) is 18. The Hall–Kier alpha value is 0.260. The van der Waals surface area contributed by atoms with Crippen LogP contribution in [-0.4, -0.2) is 13.2 Å². The van der Waals surface area contributed by atoms with Gasteiger partial charge in [0.2, 0.25) is 0 Å². The first-order valence-electron chi connectivity index (χ1n) is 15.4. The van der Waals surface area contributed by atoms with E-state index < -0.39 is 0 Å². The first-order chi connectivity index (χ1) is 17.6. The van der Waals surface area contributed by atoms with Gasteiger partial charge in [-0.25, -0.2) is 0 Å². The maximum Gasteiger partial charge on any atom is 0.187 e. The van der Waals surface area contributed by atoms with Gasteiger partial charge in [-0.1, -0.05) is 142 Å². The molecule has 36 heavy (non-hydrogen) atoms. The predicted octanol–water partition coefficient (Wildman–Crippen LogP) is 12.7. The number of hydrogen-bond acceptors (Lipinski definition) is 3. The highest BCUT2D eigenvalue weighted by Gasteiger charge is 2.36. The van der Waals surface area contributed by atoms with Gasteiger partial charge in [0.05, 0.1) is 13.2 Å². The summed E-state index contributed by atoms with van der Waals surface area (Å²) in [5, 5.41) is 0. The molecule has 0 aromatic carbocycles. The Morgan fingerprint density at radius 3 is 1.17 bits per heavy atom. The van der Waals surface area contributed by atoms with Gasteiger partial charge in [-0.2, -0.15) is 0 Å². The van der Waals surface area contributed by atoms with E-state index in [1.807, 2.05) is 0 Å². The quantitative estimate of drug-likeness (QED) is 0.116. The van der Waals surface area contributed by atoms with E-state index in [0.29, 0.717) is 0 Å². The third-order valence-corrected chi connectivity index (χ3v) is 10.3. The highest BCUT2D eigenvalue weighted by molar-refractivity contribution is 9.12. The molecule has 0 fully saturated rings. The molecule has 0 amide bonds. The fourth-order valence-electron chi connectivity index (χ4n) is 5.48. The fourth-order valence-corrected chi connectivity index (χ4v) is 8.33. The summed E-state index contributed by atoms with van der Waals surface area (Å²) in [6, 6.07) is 0. The summed E-state index contributed by atoms with van der Waals surface area (Å²) >= 11 is 9.00. The van der Waals surface area contributed by atoms with Crippen molar-refractivity contribution in [3.05, 3.63) is 7.57 Å². The standard InChI is InChI=1S/C31H54Br2O2S/c1-3-5-7-9-11-13-15-17-19-21-23-31(24-22-20-18-16-14-12-10-8-6-4-2)25-34-27-28(35-26-31)30(33)36-29(27)32/h3-26H2,1-2H3. The van der Waals surface area contributed by atoms with Gasteiger partial charge >= 0.3 is 0 Å². The molecule has 1 aromatic heterocycles. The van der Waals surface area contributed by atoms with Gasteiger partial charge in [0.15, 0.2) is 11.5 Å². The molecule has 1 aliphatic rings. The average Bonchev–Trinajstić information content (AvgIpc) is 3.02. The molecule has 1 aromatic rings. The first-order valence-corrected chi connectivity index (χ1v) is 17.8. The van der Waals surface area contributed by atoms with Crippen LogP contribution in [-0.2, 0) is 0 Å². The lowest BCUT2D eigenvalue weighted by molar-refractivity contribution is 0.0778. The molecule has 0 unspecified atom stereocenters. The van der Waals surface area contributed by atoms with Crippen molar-refractivity contribution < 1.29 is 9.47 Å². The minimum absolute atomic E-state index is 0.149. The smallest absolute Gasteiger partial charge is 0.187 e. The maximum atomic E-state index is 6.41. The minimum Gasteiger partial charge on any atom is -0.487 e. The molecule has 0 radical (unpaired) electrons. The Morgan fingerprint density at radius 1 is 0.528 bits per heavy atom. The molecule has 0 spiro atoms. The summed E-state index contributed by atoms with van der Waals surface area (Å²) in [5.41, 5.74) is 0.149. The molecular formula is C31H54Br2O2S. The van der Waals surface area contributed by atoms with Crippen molar-refractivity contribution >= 4 is 43.2 Å². The molecule has 0 atom stereocenters. The van der Waals surface area contributed by atoms with Crippen LogP contribution in [0.5, 0.6) is 11.5 Å². The zero-order chi connectivity index (χ0) is 25.9. The molecule has 1 aliphatic heterocycles. The minimum atomic E-state index is 0.149. The van der Waals surface area contributed by atoms with Gasteiger partial charge < -0.3 is 9.47 Å². The third kappa shape index (κ3) is 12.9. The normalized spacial score (nSPS) is 14.8. The average molecular weight is 651 g/mol. The van der Waals surface area contributed by atoms with Crippen LogP contribution < -0.4 is 9.47 Å². The van der Waals surface area contributed by atoms with Crippen molar-refractivity contribution in [3.63, 3.8) is 0 Å². The monoisotopic (exact) mass is 648 g/mol. The molecule has 0 saturated carbocycles. The lowest BCUT2D eigenvalue weighted by Crippen LogP contribution is -2.33. The molecule has 0 aliphatic carbocycles. The Morgan fingerprint density at radius 2 is 0.833 bits per heavy atom. The molecule has 0 bridgehead atoms. The van der Waals surface area contributed by atoms with Crippen LogP contribution in [0, 0.1) is 5.41 Å². The van der Waals surface area contributed by atoms with Gasteiger partial charge in [-0.3, -0.25) is 0 Å². The summed E-state index contributed by atoms with van der Waals surface area (Å²) in [4.78, 5) is 0. The second-order valence-electron chi connectivity index (χ2n) is 11.2. The Bertz CT molecular complexity index is 621. The van der Waals surface area contributed by atoms with Crippen LogP contribution >= 0.6 is 43.2 Å². The van der Waals surface area contributed by atoms with Gasteiger partial charge in [-0.15, -0.1) is 11.3 Å². The summed E-state index contributed by atoms with van der Waals surface area (Å²) in [7, 11) is 0. The van der Waals surface area contributed by atoms with E-state index in [4.69, 9.17) is 9.47 Å². The maximum absolute atomic E-state index is 6.41. The second-order valence-corrected chi connectivity index (χ2v) is 14.9. The Labute approximate surface area is 244 Å². The van der Waals surface area contributed by atoms with E-state index in [2.05, 4.69) is 45.7 Å². The lowest BCUT2D eigenvalue weighted by atomic mass is 9.79. The van der Waals surface area contributed by atoms with Crippen molar-refractivity contribution in [3.8, 4) is 11.5 Å². The molecule has 210 valence electrons. The van der Waals surface area contributed by atoms with Crippen LogP contribution in [0.2, 0.25) is 0 Å². The van der Waals surface area contributed by atoms with E-state index in [0.717, 1.165) is 32.3 Å². The lowest BCUT2D eigenvalue weighted by Gasteiger charge is -2.31. The number of hydrogen-bond donors (Lipinski definition) is 0. The van der Waals surface area contributed by atoms with Crippen LogP contribution in [0.4, 0.5) is 0 Å². The molecule has 5 heteroatoms.